The average molecular weight is 820 g/mol. The summed E-state index contributed by atoms with van der Waals surface area (Å²) >= 11 is 0. The van der Waals surface area contributed by atoms with Crippen LogP contribution in [0.1, 0.15) is 119 Å². The van der Waals surface area contributed by atoms with E-state index >= 15 is 0 Å². The lowest BCUT2D eigenvalue weighted by molar-refractivity contribution is -0.343. The number of nitrogens with one attached hydrogen (secondary N) is 1. The van der Waals surface area contributed by atoms with Gasteiger partial charge in [0.25, 0.3) is 0 Å². The summed E-state index contributed by atoms with van der Waals surface area (Å²) in [6.45, 7) is -0.104. The lowest BCUT2D eigenvalue weighted by Crippen LogP contribution is -2.80. The number of fused-ring (bicyclic) bond motifs is 7. The minimum Gasteiger partial charge on any atom is -0.454 e. The van der Waals surface area contributed by atoms with Crippen LogP contribution in [0.5, 0.6) is 0 Å². The van der Waals surface area contributed by atoms with Crippen LogP contribution in [0, 0.1) is 81.8 Å². The number of aldehydes is 1. The minimum atomic E-state index is -1.70. The van der Waals surface area contributed by atoms with Crippen LogP contribution in [0.4, 0.5) is 0 Å². The molecule has 9 nitrogen and oxygen atoms in total. The molecule has 60 heavy (non-hydrogen) atoms. The first-order chi connectivity index (χ1) is 29.0. The first-order valence-electron chi connectivity index (χ1n) is 23.7. The number of rotatable bonds is 4. The lowest BCUT2D eigenvalue weighted by Gasteiger charge is -2.72. The zero-order valence-corrected chi connectivity index (χ0v) is 35.2. The van der Waals surface area contributed by atoms with Gasteiger partial charge >= 0.3 is 5.97 Å². The first kappa shape index (κ1) is 40.0. The van der Waals surface area contributed by atoms with Crippen LogP contribution < -0.4 is 5.32 Å². The van der Waals surface area contributed by atoms with E-state index in [-0.39, 0.29) is 61.0 Å². The van der Waals surface area contributed by atoms with E-state index in [9.17, 15) is 35.1 Å². The quantitative estimate of drug-likeness (QED) is 0.103. The van der Waals surface area contributed by atoms with Gasteiger partial charge in [0.2, 0.25) is 0 Å². The zero-order chi connectivity index (χ0) is 41.4. The molecule has 0 radical (unpaired) electrons. The number of carbonyl (C=O) groups is 2. The van der Waals surface area contributed by atoms with Crippen molar-refractivity contribution in [1.82, 2.24) is 5.32 Å². The summed E-state index contributed by atoms with van der Waals surface area (Å²) in [5.74, 6) is 6.03. The molecular weight excluding hydrogens is 755 g/mol. The van der Waals surface area contributed by atoms with Gasteiger partial charge in [-0.05, 0) is 148 Å². The Hall–Kier alpha value is -2.84. The molecule has 7 saturated carbocycles. The smallest absolute Gasteiger partial charge is 0.331 e. The maximum absolute atomic E-state index is 14.3. The third-order valence-corrected chi connectivity index (χ3v) is 20.1. The molecule has 6 N–H and O–H groups in total. The molecule has 4 bridgehead atoms. The minimum absolute atomic E-state index is 0.0699. The number of esters is 1. The number of benzene rings is 1. The van der Waals surface area contributed by atoms with Gasteiger partial charge < -0.3 is 40.4 Å². The highest BCUT2D eigenvalue weighted by atomic mass is 16.5. The van der Waals surface area contributed by atoms with Gasteiger partial charge in [-0.3, -0.25) is 0 Å². The summed E-state index contributed by atoms with van der Waals surface area (Å²) in [6, 6.07) is 5.76. The average Bonchev–Trinajstić information content (AvgIpc) is 3.96. The molecule has 0 aromatic heterocycles. The number of ether oxygens (including phenoxy) is 1. The molecule has 17 unspecified atom stereocenters. The predicted octanol–water partition coefficient (Wildman–Crippen LogP) is 5.32. The van der Waals surface area contributed by atoms with Crippen molar-refractivity contribution < 1.29 is 39.9 Å². The van der Waals surface area contributed by atoms with Crippen molar-refractivity contribution in [2.45, 2.75) is 151 Å². The van der Waals surface area contributed by atoms with E-state index in [1.807, 2.05) is 25.2 Å². The Morgan fingerprint density at radius 3 is 2.58 bits per heavy atom. The van der Waals surface area contributed by atoms with Crippen LogP contribution in [0.15, 0.2) is 42.0 Å². The standard InChI is InChI=1S/C51H65NO8/c1-52-41-23-36-30(11-6-13-32(36)27-53)10-4-5-17-47-19-16-43-48(28-54)18-15-42(55)40-21-31-12-7-14-35(29-8-2-3-9-29)37(31)22-34(51(40,48)59)26-49(43,57)50(47,58)25-33-20-38(41)46-39(45(33)47)24-44(56)60-46/h6-7,11-13,24,28-29,31,33-35,37-38,40-43,45-46,52-53,55,57-59H,2-3,5,8-9,14-23,25-27H2,1H3. The van der Waals surface area contributed by atoms with Crippen LogP contribution in [-0.2, 0) is 27.4 Å². The van der Waals surface area contributed by atoms with Gasteiger partial charge in [-0.15, -0.1) is 0 Å². The second kappa shape index (κ2) is 14.1. The van der Waals surface area contributed by atoms with Crippen molar-refractivity contribution >= 4 is 12.3 Å². The Labute approximate surface area is 354 Å². The molecular formula is C51H65NO8. The van der Waals surface area contributed by atoms with Gasteiger partial charge in [-0.25, -0.2) is 4.79 Å². The van der Waals surface area contributed by atoms with Crippen LogP contribution in [0.25, 0.3) is 0 Å². The number of hydrogen-bond acceptors (Lipinski definition) is 9. The number of likely N-dealkylation sites (N-methyl/N-ethyl adjacent to an activating group) is 1. The van der Waals surface area contributed by atoms with E-state index in [1.54, 1.807) is 6.08 Å². The number of carbonyl (C=O) groups excluding carboxylic acids is 2. The maximum Gasteiger partial charge on any atom is 0.331 e. The van der Waals surface area contributed by atoms with Gasteiger partial charge in [0, 0.05) is 47.3 Å². The third kappa shape index (κ3) is 5.10. The molecule has 1 aromatic rings. The molecule has 1 aromatic carbocycles. The van der Waals surface area contributed by atoms with Gasteiger partial charge in [0.1, 0.15) is 18.0 Å². The second-order valence-corrected chi connectivity index (χ2v) is 21.6. The van der Waals surface area contributed by atoms with Gasteiger partial charge in [0.05, 0.1) is 29.3 Å². The van der Waals surface area contributed by atoms with E-state index in [2.05, 4.69) is 29.3 Å². The Balaban J connectivity index is 1.07. The van der Waals surface area contributed by atoms with Crippen LogP contribution >= 0.6 is 0 Å². The Bertz CT molecular complexity index is 2060. The van der Waals surface area contributed by atoms with Crippen molar-refractivity contribution in [3.63, 3.8) is 0 Å². The molecule has 1 spiro atoms. The summed E-state index contributed by atoms with van der Waals surface area (Å²) in [6.07, 6.45) is 17.7. The highest BCUT2D eigenvalue weighted by molar-refractivity contribution is 5.86. The highest BCUT2D eigenvalue weighted by Crippen LogP contribution is 2.77. The Morgan fingerprint density at radius 2 is 1.80 bits per heavy atom. The Kier molecular flexibility index (Phi) is 9.38. The normalized spacial score (nSPS) is 50.0. The van der Waals surface area contributed by atoms with Gasteiger partial charge in [-0.2, -0.15) is 0 Å². The molecule has 1 aliphatic heterocycles. The second-order valence-electron chi connectivity index (χ2n) is 21.6. The molecule has 10 aliphatic carbocycles. The fourth-order valence-electron chi connectivity index (χ4n) is 17.9. The summed E-state index contributed by atoms with van der Waals surface area (Å²) in [7, 11) is 1.94. The van der Waals surface area contributed by atoms with E-state index in [4.69, 9.17) is 4.74 Å². The summed E-state index contributed by atoms with van der Waals surface area (Å²) in [4.78, 5) is 27.7. The molecule has 0 amide bonds. The van der Waals surface area contributed by atoms with E-state index in [1.165, 1.54) is 25.7 Å². The largest absolute Gasteiger partial charge is 0.454 e. The van der Waals surface area contributed by atoms with Crippen molar-refractivity contribution in [3.8, 4) is 11.8 Å². The zero-order valence-electron chi connectivity index (χ0n) is 35.2. The maximum atomic E-state index is 14.3. The molecule has 1 heterocycles. The number of aliphatic hydroxyl groups is 5. The van der Waals surface area contributed by atoms with Crippen molar-refractivity contribution in [2.24, 2.45) is 70.0 Å². The SMILES string of the molecule is CNC1Cc2c(cccc2CO)C#CCCC23CCC4C(O)(CC5CC6C(C=CCC6C6CCCC6)CC6C(O)CCC4(C=O)C56O)C2(O)CC2CC1C1OC(=O)C=C1C23. The fraction of sp³-hybridized carbons (Fsp3) is 0.725. The molecule has 12 rings (SSSR count). The van der Waals surface area contributed by atoms with Crippen molar-refractivity contribution in [3.05, 3.63) is 58.7 Å². The van der Waals surface area contributed by atoms with Crippen LogP contribution in [0.3, 0.4) is 0 Å². The van der Waals surface area contributed by atoms with E-state index < -0.39 is 57.6 Å². The number of hydrogen-bond donors (Lipinski definition) is 6. The van der Waals surface area contributed by atoms with E-state index in [0.29, 0.717) is 76.0 Å². The predicted molar refractivity (Wildman–Crippen MR) is 223 cm³/mol. The van der Waals surface area contributed by atoms with E-state index in [0.717, 1.165) is 35.0 Å². The molecule has 9 heteroatoms. The number of aliphatic hydroxyl groups excluding tert-OH is 2. The monoisotopic (exact) mass is 819 g/mol. The molecule has 0 saturated heterocycles. The first-order valence-corrected chi connectivity index (χ1v) is 23.7. The van der Waals surface area contributed by atoms with Crippen LogP contribution in [-0.4, -0.2) is 79.9 Å². The van der Waals surface area contributed by atoms with Gasteiger partial charge in [-0.1, -0.05) is 61.8 Å². The Morgan fingerprint density at radius 1 is 0.967 bits per heavy atom. The van der Waals surface area contributed by atoms with Crippen molar-refractivity contribution in [1.29, 1.82) is 0 Å². The summed E-state index contributed by atoms with van der Waals surface area (Å²) in [5, 5.41) is 68.0. The molecule has 17 atom stereocenters. The third-order valence-electron chi connectivity index (χ3n) is 20.1. The molecule has 11 aliphatic rings. The van der Waals surface area contributed by atoms with Crippen molar-refractivity contribution in [2.75, 3.05) is 7.05 Å². The highest BCUT2D eigenvalue weighted by Gasteiger charge is 2.83. The number of allylic oxidation sites excluding steroid dienone is 2. The topological polar surface area (TPSA) is 157 Å². The van der Waals surface area contributed by atoms with Crippen LogP contribution in [0.2, 0.25) is 0 Å². The summed E-state index contributed by atoms with van der Waals surface area (Å²) in [5.41, 5.74) is -3.42. The summed E-state index contributed by atoms with van der Waals surface area (Å²) < 4.78 is 6.27. The lowest BCUT2D eigenvalue weighted by atomic mass is 9.35. The molecule has 322 valence electrons. The fourth-order valence-corrected chi connectivity index (χ4v) is 17.9. The molecule has 7 fully saturated rings. The van der Waals surface area contributed by atoms with Gasteiger partial charge in [0.15, 0.2) is 0 Å².